The van der Waals surface area contributed by atoms with Gasteiger partial charge in [-0.25, -0.2) is 0 Å². The zero-order valence-electron chi connectivity index (χ0n) is 9.95. The molecule has 0 aromatic heterocycles. The predicted molar refractivity (Wildman–Crippen MR) is 67.0 cm³/mol. The Labute approximate surface area is 98.0 Å². The van der Waals surface area contributed by atoms with Crippen molar-refractivity contribution in [1.29, 1.82) is 0 Å². The molecule has 0 radical (unpaired) electrons. The molecule has 2 N–H and O–H groups in total. The van der Waals surface area contributed by atoms with Gasteiger partial charge in [-0.1, -0.05) is 25.0 Å². The van der Waals surface area contributed by atoms with Crippen molar-refractivity contribution in [2.45, 2.75) is 37.6 Å². The molecule has 0 aromatic rings. The van der Waals surface area contributed by atoms with Crippen LogP contribution in [-0.2, 0) is 4.79 Å². The number of hydrogen-bond acceptors (Lipinski definition) is 2. The summed E-state index contributed by atoms with van der Waals surface area (Å²) in [7, 11) is 0. The van der Waals surface area contributed by atoms with E-state index in [1.807, 2.05) is 0 Å². The summed E-state index contributed by atoms with van der Waals surface area (Å²) in [6, 6.07) is 0. The van der Waals surface area contributed by atoms with E-state index < -0.39 is 0 Å². The maximum absolute atomic E-state index is 12.0. The molecule has 3 nitrogen and oxygen atoms in total. The SMILES string of the molecule is C=CCN(CC=C)C(=O)CC1(N)CCCC1. The molecule has 16 heavy (non-hydrogen) atoms. The molecule has 0 aliphatic heterocycles. The van der Waals surface area contributed by atoms with Crippen molar-refractivity contribution < 1.29 is 4.79 Å². The van der Waals surface area contributed by atoms with E-state index in [9.17, 15) is 4.79 Å². The van der Waals surface area contributed by atoms with E-state index in [1.165, 1.54) is 0 Å². The van der Waals surface area contributed by atoms with Crippen LogP contribution in [0.15, 0.2) is 25.3 Å². The Balaban J connectivity index is 2.53. The molecule has 3 heteroatoms. The molecule has 0 bridgehead atoms. The molecule has 90 valence electrons. The van der Waals surface area contributed by atoms with E-state index in [4.69, 9.17) is 5.73 Å². The van der Waals surface area contributed by atoms with Gasteiger partial charge in [0.25, 0.3) is 0 Å². The van der Waals surface area contributed by atoms with Gasteiger partial charge in [0.1, 0.15) is 0 Å². The van der Waals surface area contributed by atoms with Gasteiger partial charge in [-0.2, -0.15) is 0 Å². The van der Waals surface area contributed by atoms with Crippen LogP contribution >= 0.6 is 0 Å². The Morgan fingerprint density at radius 3 is 2.19 bits per heavy atom. The molecule has 0 saturated heterocycles. The van der Waals surface area contributed by atoms with Crippen LogP contribution in [0, 0.1) is 0 Å². The van der Waals surface area contributed by atoms with E-state index in [0.29, 0.717) is 19.5 Å². The Morgan fingerprint density at radius 2 is 1.75 bits per heavy atom. The number of amides is 1. The van der Waals surface area contributed by atoms with Gasteiger partial charge in [-0.15, -0.1) is 13.2 Å². The average Bonchev–Trinajstić information content (AvgIpc) is 2.64. The van der Waals surface area contributed by atoms with Crippen molar-refractivity contribution in [2.24, 2.45) is 5.73 Å². The van der Waals surface area contributed by atoms with Gasteiger partial charge in [0.05, 0.1) is 0 Å². The minimum atomic E-state index is -0.266. The van der Waals surface area contributed by atoms with Gasteiger partial charge in [-0.05, 0) is 12.8 Å². The number of carbonyl (C=O) groups is 1. The second-order valence-corrected chi connectivity index (χ2v) is 4.62. The highest BCUT2D eigenvalue weighted by molar-refractivity contribution is 5.77. The quantitative estimate of drug-likeness (QED) is 0.697. The van der Waals surface area contributed by atoms with Crippen LogP contribution in [0.25, 0.3) is 0 Å². The molecule has 1 aliphatic rings. The predicted octanol–water partition coefficient (Wildman–Crippen LogP) is 1.85. The van der Waals surface area contributed by atoms with Crippen LogP contribution in [-0.4, -0.2) is 29.4 Å². The van der Waals surface area contributed by atoms with Crippen molar-refractivity contribution in [3.05, 3.63) is 25.3 Å². The number of hydrogen-bond donors (Lipinski definition) is 1. The smallest absolute Gasteiger partial charge is 0.224 e. The fourth-order valence-electron chi connectivity index (χ4n) is 2.26. The second kappa shape index (κ2) is 5.85. The third-order valence-corrected chi connectivity index (χ3v) is 3.15. The molecule has 1 amide bonds. The first-order chi connectivity index (χ1) is 7.61. The van der Waals surface area contributed by atoms with Crippen LogP contribution in [0.1, 0.15) is 32.1 Å². The topological polar surface area (TPSA) is 46.3 Å². The van der Waals surface area contributed by atoms with Gasteiger partial charge in [-0.3, -0.25) is 4.79 Å². The van der Waals surface area contributed by atoms with Crippen molar-refractivity contribution in [1.82, 2.24) is 4.90 Å². The van der Waals surface area contributed by atoms with Crippen LogP contribution in [0.2, 0.25) is 0 Å². The maximum Gasteiger partial charge on any atom is 0.224 e. The van der Waals surface area contributed by atoms with E-state index in [0.717, 1.165) is 25.7 Å². The Kier molecular flexibility index (Phi) is 4.74. The molecule has 0 spiro atoms. The van der Waals surface area contributed by atoms with Gasteiger partial charge >= 0.3 is 0 Å². The fourth-order valence-corrected chi connectivity index (χ4v) is 2.26. The Bertz CT molecular complexity index is 257. The number of nitrogens with zero attached hydrogens (tertiary/aromatic N) is 1. The minimum Gasteiger partial charge on any atom is -0.335 e. The number of nitrogens with two attached hydrogens (primary N) is 1. The molecule has 0 aromatic carbocycles. The van der Waals surface area contributed by atoms with Gasteiger partial charge in [0.2, 0.25) is 5.91 Å². The van der Waals surface area contributed by atoms with Gasteiger partial charge < -0.3 is 10.6 Å². The molecule has 1 fully saturated rings. The summed E-state index contributed by atoms with van der Waals surface area (Å²) in [6.07, 6.45) is 8.15. The molecule has 1 aliphatic carbocycles. The summed E-state index contributed by atoms with van der Waals surface area (Å²) in [5, 5.41) is 0. The first kappa shape index (κ1) is 13.0. The molecule has 0 unspecified atom stereocenters. The van der Waals surface area contributed by atoms with Crippen LogP contribution in [0.3, 0.4) is 0 Å². The van der Waals surface area contributed by atoms with Crippen LogP contribution in [0.4, 0.5) is 0 Å². The van der Waals surface area contributed by atoms with Crippen molar-refractivity contribution in [3.63, 3.8) is 0 Å². The zero-order chi connectivity index (χ0) is 12.0. The summed E-state index contributed by atoms with van der Waals surface area (Å²) in [6.45, 7) is 8.45. The molecule has 1 rings (SSSR count). The van der Waals surface area contributed by atoms with E-state index >= 15 is 0 Å². The number of carbonyl (C=O) groups excluding carboxylic acids is 1. The first-order valence-electron chi connectivity index (χ1n) is 5.90. The first-order valence-corrected chi connectivity index (χ1v) is 5.90. The molecular weight excluding hydrogens is 200 g/mol. The lowest BCUT2D eigenvalue weighted by Crippen LogP contribution is -2.43. The summed E-state index contributed by atoms with van der Waals surface area (Å²) in [4.78, 5) is 13.8. The second-order valence-electron chi connectivity index (χ2n) is 4.62. The summed E-state index contributed by atoms with van der Waals surface area (Å²) in [5.74, 6) is 0.115. The van der Waals surface area contributed by atoms with Gasteiger partial charge in [0, 0.05) is 25.0 Å². The maximum atomic E-state index is 12.0. The van der Waals surface area contributed by atoms with E-state index in [1.54, 1.807) is 17.1 Å². The highest BCUT2D eigenvalue weighted by Gasteiger charge is 2.32. The largest absolute Gasteiger partial charge is 0.335 e. The van der Waals surface area contributed by atoms with Crippen LogP contribution in [0.5, 0.6) is 0 Å². The highest BCUT2D eigenvalue weighted by Crippen LogP contribution is 2.30. The lowest BCUT2D eigenvalue weighted by molar-refractivity contribution is -0.131. The number of rotatable bonds is 6. The lowest BCUT2D eigenvalue weighted by atomic mass is 9.94. The third-order valence-electron chi connectivity index (χ3n) is 3.15. The zero-order valence-corrected chi connectivity index (χ0v) is 9.95. The van der Waals surface area contributed by atoms with E-state index in [-0.39, 0.29) is 11.4 Å². The summed E-state index contributed by atoms with van der Waals surface area (Å²) >= 11 is 0. The average molecular weight is 222 g/mol. The lowest BCUT2D eigenvalue weighted by Gasteiger charge is -2.27. The molecule has 0 heterocycles. The highest BCUT2D eigenvalue weighted by atomic mass is 16.2. The molecule has 0 atom stereocenters. The monoisotopic (exact) mass is 222 g/mol. The Hall–Kier alpha value is -1.09. The third kappa shape index (κ3) is 3.49. The van der Waals surface area contributed by atoms with Crippen LogP contribution < -0.4 is 5.73 Å². The fraction of sp³-hybridized carbons (Fsp3) is 0.615. The molecule has 1 saturated carbocycles. The van der Waals surface area contributed by atoms with Crippen molar-refractivity contribution in [2.75, 3.05) is 13.1 Å². The standard InChI is InChI=1S/C13H22N2O/c1-3-9-15(10-4-2)12(16)11-13(14)7-5-6-8-13/h3-4H,1-2,5-11,14H2. The van der Waals surface area contributed by atoms with Gasteiger partial charge in [0.15, 0.2) is 0 Å². The summed E-state index contributed by atoms with van der Waals surface area (Å²) < 4.78 is 0. The van der Waals surface area contributed by atoms with Crippen molar-refractivity contribution in [3.8, 4) is 0 Å². The molecular formula is C13H22N2O. The van der Waals surface area contributed by atoms with E-state index in [2.05, 4.69) is 13.2 Å². The van der Waals surface area contributed by atoms with Crippen molar-refractivity contribution >= 4 is 5.91 Å². The summed E-state index contributed by atoms with van der Waals surface area (Å²) in [5.41, 5.74) is 5.92. The minimum absolute atomic E-state index is 0.115. The Morgan fingerprint density at radius 1 is 1.25 bits per heavy atom. The normalized spacial score (nSPS) is 18.1.